The molecule has 2 rings (SSSR count). The first-order valence-electron chi connectivity index (χ1n) is 8.58. The molecule has 2 fully saturated rings. The molecule has 2 heterocycles. The van der Waals surface area contributed by atoms with Crippen LogP contribution in [0.15, 0.2) is 0 Å². The van der Waals surface area contributed by atoms with Crippen LogP contribution in [0.3, 0.4) is 0 Å². The van der Waals surface area contributed by atoms with E-state index in [9.17, 15) is 0 Å². The summed E-state index contributed by atoms with van der Waals surface area (Å²) in [6.07, 6.45) is 8.52. The van der Waals surface area contributed by atoms with Crippen molar-refractivity contribution < 1.29 is 0 Å². The Morgan fingerprint density at radius 1 is 1.05 bits per heavy atom. The first kappa shape index (κ1) is 17.0. The van der Waals surface area contributed by atoms with Gasteiger partial charge in [0.2, 0.25) is 0 Å². The molecule has 0 spiro atoms. The molecule has 2 saturated heterocycles. The van der Waals surface area contributed by atoms with Gasteiger partial charge in [0.1, 0.15) is 0 Å². The van der Waals surface area contributed by atoms with Gasteiger partial charge in [-0.05, 0) is 77.7 Å². The maximum Gasteiger partial charge on any atom is 0.00671 e. The third kappa shape index (κ3) is 4.75. The van der Waals surface area contributed by atoms with Gasteiger partial charge in [0.15, 0.2) is 0 Å². The summed E-state index contributed by atoms with van der Waals surface area (Å²) in [6, 6.07) is 0.826. The van der Waals surface area contributed by atoms with Crippen molar-refractivity contribution >= 4 is 0 Å². The number of rotatable bonds is 5. The molecule has 2 aliphatic rings. The second-order valence-electron chi connectivity index (χ2n) is 6.43. The molecule has 114 valence electrons. The first-order chi connectivity index (χ1) is 9.15. The highest BCUT2D eigenvalue weighted by molar-refractivity contribution is 4.86. The van der Waals surface area contributed by atoms with Crippen LogP contribution in [-0.4, -0.2) is 49.1 Å². The summed E-state index contributed by atoms with van der Waals surface area (Å²) in [5.41, 5.74) is 0.672. The number of hydrogen-bond donors (Lipinski definition) is 0. The second kappa shape index (κ2) is 8.26. The highest BCUT2D eigenvalue weighted by Crippen LogP contribution is 2.39. The lowest BCUT2D eigenvalue weighted by Crippen LogP contribution is -2.44. The SMILES string of the molecule is CC.CCC1(CCC(C)N2CCC2)CCN(C)CC1. The molecular formula is C17H36N2. The Labute approximate surface area is 121 Å². The summed E-state index contributed by atoms with van der Waals surface area (Å²) < 4.78 is 0. The van der Waals surface area contributed by atoms with E-state index in [-0.39, 0.29) is 0 Å². The Bertz CT molecular complexity index is 227. The maximum atomic E-state index is 2.65. The fourth-order valence-corrected chi connectivity index (χ4v) is 3.35. The Morgan fingerprint density at radius 2 is 1.63 bits per heavy atom. The highest BCUT2D eigenvalue weighted by Gasteiger charge is 2.32. The molecule has 0 radical (unpaired) electrons. The monoisotopic (exact) mass is 268 g/mol. The smallest absolute Gasteiger partial charge is 0.00671 e. The van der Waals surface area contributed by atoms with Crippen LogP contribution >= 0.6 is 0 Å². The third-order valence-corrected chi connectivity index (χ3v) is 5.40. The van der Waals surface area contributed by atoms with Crippen molar-refractivity contribution in [2.75, 3.05) is 33.2 Å². The van der Waals surface area contributed by atoms with Crippen molar-refractivity contribution in [1.82, 2.24) is 9.80 Å². The first-order valence-corrected chi connectivity index (χ1v) is 8.58. The van der Waals surface area contributed by atoms with Crippen LogP contribution in [0.1, 0.15) is 66.2 Å². The number of hydrogen-bond acceptors (Lipinski definition) is 2. The van der Waals surface area contributed by atoms with Crippen LogP contribution < -0.4 is 0 Å². The molecule has 0 N–H and O–H groups in total. The summed E-state index contributed by atoms with van der Waals surface area (Å²) in [5.74, 6) is 0. The normalized spacial score (nSPS) is 25.1. The van der Waals surface area contributed by atoms with Crippen LogP contribution in [0.4, 0.5) is 0 Å². The molecule has 0 aromatic heterocycles. The Morgan fingerprint density at radius 3 is 2.05 bits per heavy atom. The van der Waals surface area contributed by atoms with Crippen LogP contribution in [0, 0.1) is 5.41 Å². The predicted molar refractivity (Wildman–Crippen MR) is 85.7 cm³/mol. The molecule has 2 nitrogen and oxygen atoms in total. The van der Waals surface area contributed by atoms with Crippen LogP contribution in [-0.2, 0) is 0 Å². The zero-order chi connectivity index (χ0) is 14.3. The van der Waals surface area contributed by atoms with E-state index in [1.165, 1.54) is 64.7 Å². The summed E-state index contributed by atoms with van der Waals surface area (Å²) in [6.45, 7) is 14.2. The molecule has 0 saturated carbocycles. The molecule has 0 aromatic rings. The van der Waals surface area contributed by atoms with E-state index in [1.54, 1.807) is 0 Å². The van der Waals surface area contributed by atoms with Crippen molar-refractivity contribution in [1.29, 1.82) is 0 Å². The highest BCUT2D eigenvalue weighted by atomic mass is 15.2. The van der Waals surface area contributed by atoms with Crippen molar-refractivity contribution in [3.8, 4) is 0 Å². The molecule has 0 aliphatic carbocycles. The Kier molecular flexibility index (Phi) is 7.38. The number of piperidine rings is 1. The van der Waals surface area contributed by atoms with E-state index in [2.05, 4.69) is 30.7 Å². The predicted octanol–water partition coefficient (Wildman–Crippen LogP) is 4.01. The van der Waals surface area contributed by atoms with E-state index >= 15 is 0 Å². The lowest BCUT2D eigenvalue weighted by molar-refractivity contribution is 0.0744. The van der Waals surface area contributed by atoms with Gasteiger partial charge in [-0.1, -0.05) is 27.2 Å². The zero-order valence-corrected chi connectivity index (χ0v) is 14.0. The van der Waals surface area contributed by atoms with Gasteiger partial charge in [0.05, 0.1) is 0 Å². The van der Waals surface area contributed by atoms with Crippen molar-refractivity contribution in [2.45, 2.75) is 72.3 Å². The standard InChI is InChI=1S/C15H30N2.C2H6/c1-4-15(8-12-16(3)13-9-15)7-6-14(2)17-10-5-11-17;1-2/h14H,4-13H2,1-3H3;1-2H3. The van der Waals surface area contributed by atoms with E-state index in [0.717, 1.165) is 6.04 Å². The summed E-state index contributed by atoms with van der Waals surface area (Å²) in [5, 5.41) is 0. The quantitative estimate of drug-likeness (QED) is 0.743. The average Bonchev–Trinajstić information content (AvgIpc) is 2.39. The minimum atomic E-state index is 0.672. The van der Waals surface area contributed by atoms with E-state index in [4.69, 9.17) is 0 Å². The average molecular weight is 268 g/mol. The van der Waals surface area contributed by atoms with Gasteiger partial charge in [-0.15, -0.1) is 0 Å². The van der Waals surface area contributed by atoms with Crippen LogP contribution in [0.2, 0.25) is 0 Å². The molecule has 0 amide bonds. The second-order valence-corrected chi connectivity index (χ2v) is 6.43. The van der Waals surface area contributed by atoms with E-state index in [0.29, 0.717) is 5.41 Å². The number of likely N-dealkylation sites (tertiary alicyclic amines) is 2. The molecule has 0 bridgehead atoms. The minimum Gasteiger partial charge on any atom is -0.306 e. The minimum absolute atomic E-state index is 0.672. The fourth-order valence-electron chi connectivity index (χ4n) is 3.35. The Balaban J connectivity index is 0.000000861. The number of nitrogens with zero attached hydrogens (tertiary/aromatic N) is 2. The molecule has 0 aromatic carbocycles. The summed E-state index contributed by atoms with van der Waals surface area (Å²) >= 11 is 0. The molecule has 2 aliphatic heterocycles. The fraction of sp³-hybridized carbons (Fsp3) is 1.00. The van der Waals surface area contributed by atoms with Crippen molar-refractivity contribution in [3.05, 3.63) is 0 Å². The lowest BCUT2D eigenvalue weighted by Gasteiger charge is -2.43. The molecule has 1 unspecified atom stereocenters. The third-order valence-electron chi connectivity index (χ3n) is 5.40. The van der Waals surface area contributed by atoms with Crippen molar-refractivity contribution in [2.24, 2.45) is 5.41 Å². The Hall–Kier alpha value is -0.0800. The van der Waals surface area contributed by atoms with Crippen LogP contribution in [0.25, 0.3) is 0 Å². The van der Waals surface area contributed by atoms with Gasteiger partial charge in [0, 0.05) is 6.04 Å². The van der Waals surface area contributed by atoms with Gasteiger partial charge < -0.3 is 9.80 Å². The van der Waals surface area contributed by atoms with E-state index < -0.39 is 0 Å². The molecule has 2 heteroatoms. The van der Waals surface area contributed by atoms with Crippen molar-refractivity contribution in [3.63, 3.8) is 0 Å². The zero-order valence-electron chi connectivity index (χ0n) is 14.0. The van der Waals surface area contributed by atoms with Gasteiger partial charge in [0.25, 0.3) is 0 Å². The van der Waals surface area contributed by atoms with E-state index in [1.807, 2.05) is 13.8 Å². The lowest BCUT2D eigenvalue weighted by atomic mass is 9.72. The summed E-state index contributed by atoms with van der Waals surface area (Å²) in [7, 11) is 2.27. The molecule has 19 heavy (non-hydrogen) atoms. The van der Waals surface area contributed by atoms with Gasteiger partial charge in [-0.3, -0.25) is 0 Å². The maximum absolute atomic E-state index is 2.65. The summed E-state index contributed by atoms with van der Waals surface area (Å²) in [4.78, 5) is 5.14. The molecular weight excluding hydrogens is 232 g/mol. The largest absolute Gasteiger partial charge is 0.306 e. The molecule has 1 atom stereocenters. The van der Waals surface area contributed by atoms with Gasteiger partial charge in [-0.25, -0.2) is 0 Å². The van der Waals surface area contributed by atoms with Gasteiger partial charge in [-0.2, -0.15) is 0 Å². The van der Waals surface area contributed by atoms with Gasteiger partial charge >= 0.3 is 0 Å². The van der Waals surface area contributed by atoms with Crippen LogP contribution in [0.5, 0.6) is 0 Å². The topological polar surface area (TPSA) is 6.48 Å².